The van der Waals surface area contributed by atoms with Crippen LogP contribution in [-0.4, -0.2) is 17.4 Å². The van der Waals surface area contributed by atoms with E-state index in [0.717, 1.165) is 0 Å². The molecule has 3 N–H and O–H groups in total. The van der Waals surface area contributed by atoms with Crippen LogP contribution in [0.25, 0.3) is 0 Å². The third kappa shape index (κ3) is 3.03. The summed E-state index contributed by atoms with van der Waals surface area (Å²) in [6.45, 7) is 1.54. The van der Waals surface area contributed by atoms with Crippen LogP contribution in [0.1, 0.15) is 6.92 Å². The van der Waals surface area contributed by atoms with Gasteiger partial charge in [-0.2, -0.15) is 0 Å². The molecule has 0 radical (unpaired) electrons. The van der Waals surface area contributed by atoms with Crippen LogP contribution in [-0.2, 0) is 0 Å². The Labute approximate surface area is 92.4 Å². The van der Waals surface area contributed by atoms with Crippen molar-refractivity contribution in [3.63, 3.8) is 0 Å². The average Bonchev–Trinajstić information content (AvgIpc) is 2.09. The maximum Gasteiger partial charge on any atom is 0.173 e. The quantitative estimate of drug-likeness (QED) is 0.789. The van der Waals surface area contributed by atoms with Crippen LogP contribution in [0.4, 0.5) is 0 Å². The van der Waals surface area contributed by atoms with Gasteiger partial charge < -0.3 is 9.84 Å². The van der Waals surface area contributed by atoms with Crippen molar-refractivity contribution < 1.29 is 9.84 Å². The topological polar surface area (TPSA) is 55.5 Å². The maximum absolute atomic E-state index is 9.11. The lowest BCUT2D eigenvalue weighted by Gasteiger charge is -2.17. The molecule has 1 aromatic carbocycles. The summed E-state index contributed by atoms with van der Waals surface area (Å²) >= 11 is 11.5. The highest BCUT2D eigenvalue weighted by Crippen LogP contribution is 2.28. The molecule has 14 heavy (non-hydrogen) atoms. The lowest BCUT2D eigenvalue weighted by Crippen LogP contribution is -2.37. The molecule has 0 fully saturated rings. The summed E-state index contributed by atoms with van der Waals surface area (Å²) in [5.41, 5.74) is 5.49. The zero-order valence-corrected chi connectivity index (χ0v) is 9.09. The molecule has 2 unspecified atom stereocenters. The molecule has 0 aliphatic rings. The van der Waals surface area contributed by atoms with Crippen molar-refractivity contribution in [3.05, 3.63) is 28.2 Å². The smallest absolute Gasteiger partial charge is 0.173 e. The molecule has 0 aliphatic carbocycles. The SMILES string of the molecule is CC(O)C(N)Oc1ccc(Cl)cc1Cl. The van der Waals surface area contributed by atoms with E-state index < -0.39 is 12.3 Å². The van der Waals surface area contributed by atoms with Crippen molar-refractivity contribution in [1.29, 1.82) is 0 Å². The van der Waals surface area contributed by atoms with E-state index in [9.17, 15) is 0 Å². The lowest BCUT2D eigenvalue weighted by atomic mass is 10.3. The van der Waals surface area contributed by atoms with E-state index in [-0.39, 0.29) is 0 Å². The van der Waals surface area contributed by atoms with E-state index in [4.69, 9.17) is 38.8 Å². The highest BCUT2D eigenvalue weighted by Gasteiger charge is 2.12. The van der Waals surface area contributed by atoms with E-state index in [2.05, 4.69) is 0 Å². The van der Waals surface area contributed by atoms with Gasteiger partial charge in [0.05, 0.1) is 5.02 Å². The van der Waals surface area contributed by atoms with Gasteiger partial charge in [-0.3, -0.25) is 5.73 Å². The number of hydrogen-bond acceptors (Lipinski definition) is 3. The summed E-state index contributed by atoms with van der Waals surface area (Å²) < 4.78 is 5.20. The Morgan fingerprint density at radius 3 is 2.57 bits per heavy atom. The Balaban J connectivity index is 2.77. The van der Waals surface area contributed by atoms with Crippen molar-refractivity contribution in [2.45, 2.75) is 19.3 Å². The Morgan fingerprint density at radius 1 is 1.43 bits per heavy atom. The van der Waals surface area contributed by atoms with Crippen molar-refractivity contribution in [3.8, 4) is 5.75 Å². The van der Waals surface area contributed by atoms with Crippen molar-refractivity contribution in [2.24, 2.45) is 5.73 Å². The maximum atomic E-state index is 9.11. The number of hydrogen-bond donors (Lipinski definition) is 2. The first kappa shape index (κ1) is 11.6. The molecule has 0 spiro atoms. The monoisotopic (exact) mass is 235 g/mol. The van der Waals surface area contributed by atoms with Crippen molar-refractivity contribution in [1.82, 2.24) is 0 Å². The Morgan fingerprint density at radius 2 is 2.07 bits per heavy atom. The average molecular weight is 236 g/mol. The number of ether oxygens (including phenoxy) is 1. The van der Waals surface area contributed by atoms with Crippen LogP contribution in [0.5, 0.6) is 5.75 Å². The first-order valence-electron chi connectivity index (χ1n) is 4.06. The summed E-state index contributed by atoms with van der Waals surface area (Å²) in [5, 5.41) is 10.00. The van der Waals surface area contributed by atoms with E-state index in [1.54, 1.807) is 18.2 Å². The van der Waals surface area contributed by atoms with Gasteiger partial charge in [-0.05, 0) is 25.1 Å². The fourth-order valence-electron chi connectivity index (χ4n) is 0.816. The summed E-state index contributed by atoms with van der Waals surface area (Å²) in [5.74, 6) is 0.407. The second-order valence-corrected chi connectivity index (χ2v) is 3.74. The van der Waals surface area contributed by atoms with Gasteiger partial charge in [0.1, 0.15) is 11.9 Å². The van der Waals surface area contributed by atoms with E-state index in [0.29, 0.717) is 15.8 Å². The molecule has 0 saturated heterocycles. The molecular formula is C9H11Cl2NO2. The van der Waals surface area contributed by atoms with Crippen LogP contribution in [0.2, 0.25) is 10.0 Å². The predicted molar refractivity (Wildman–Crippen MR) is 56.7 cm³/mol. The summed E-state index contributed by atoms with van der Waals surface area (Å²) in [7, 11) is 0. The van der Waals surface area contributed by atoms with Crippen LogP contribution in [0.3, 0.4) is 0 Å². The van der Waals surface area contributed by atoms with Crippen LogP contribution in [0, 0.1) is 0 Å². The van der Waals surface area contributed by atoms with Gasteiger partial charge in [0.15, 0.2) is 6.23 Å². The number of nitrogens with two attached hydrogens (primary N) is 1. The highest BCUT2D eigenvalue weighted by atomic mass is 35.5. The van der Waals surface area contributed by atoms with E-state index >= 15 is 0 Å². The number of aliphatic hydroxyl groups is 1. The van der Waals surface area contributed by atoms with E-state index in [1.165, 1.54) is 6.92 Å². The number of rotatable bonds is 3. The molecule has 0 aromatic heterocycles. The molecule has 78 valence electrons. The van der Waals surface area contributed by atoms with Crippen molar-refractivity contribution >= 4 is 23.2 Å². The minimum Gasteiger partial charge on any atom is -0.471 e. The van der Waals surface area contributed by atoms with Gasteiger partial charge in [-0.25, -0.2) is 0 Å². The van der Waals surface area contributed by atoms with Gasteiger partial charge in [0, 0.05) is 5.02 Å². The van der Waals surface area contributed by atoms with Crippen molar-refractivity contribution in [2.75, 3.05) is 0 Å². The molecule has 1 rings (SSSR count). The van der Waals surface area contributed by atoms with Gasteiger partial charge >= 0.3 is 0 Å². The molecule has 3 nitrogen and oxygen atoms in total. The molecular weight excluding hydrogens is 225 g/mol. The van der Waals surface area contributed by atoms with E-state index in [1.807, 2.05) is 0 Å². The molecule has 0 saturated carbocycles. The molecule has 2 atom stereocenters. The zero-order chi connectivity index (χ0) is 10.7. The standard InChI is InChI=1S/C9H11Cl2NO2/c1-5(13)9(12)14-8-3-2-6(10)4-7(8)11/h2-5,9,13H,12H2,1H3. The normalized spacial score (nSPS) is 14.9. The summed E-state index contributed by atoms with van der Waals surface area (Å²) in [6.07, 6.45) is -1.56. The minimum atomic E-state index is -0.798. The summed E-state index contributed by atoms with van der Waals surface area (Å²) in [4.78, 5) is 0. The zero-order valence-electron chi connectivity index (χ0n) is 7.58. The van der Waals surface area contributed by atoms with Gasteiger partial charge in [0.2, 0.25) is 0 Å². The second-order valence-electron chi connectivity index (χ2n) is 2.90. The Kier molecular flexibility index (Phi) is 4.01. The van der Waals surface area contributed by atoms with Crippen LogP contribution in [0.15, 0.2) is 18.2 Å². The van der Waals surface area contributed by atoms with Gasteiger partial charge in [0.25, 0.3) is 0 Å². The highest BCUT2D eigenvalue weighted by molar-refractivity contribution is 6.35. The first-order valence-corrected chi connectivity index (χ1v) is 4.81. The third-order valence-corrected chi connectivity index (χ3v) is 2.16. The number of aliphatic hydroxyl groups excluding tert-OH is 1. The lowest BCUT2D eigenvalue weighted by molar-refractivity contribution is 0.0529. The van der Waals surface area contributed by atoms with Gasteiger partial charge in [-0.1, -0.05) is 23.2 Å². The van der Waals surface area contributed by atoms with Gasteiger partial charge in [-0.15, -0.1) is 0 Å². The molecule has 0 bridgehead atoms. The largest absolute Gasteiger partial charge is 0.471 e. The number of halogens is 2. The third-order valence-electron chi connectivity index (χ3n) is 1.63. The first-order chi connectivity index (χ1) is 6.50. The Bertz CT molecular complexity index is 318. The second kappa shape index (κ2) is 4.84. The molecule has 0 aliphatic heterocycles. The number of benzene rings is 1. The summed E-state index contributed by atoms with van der Waals surface area (Å²) in [6, 6.07) is 4.79. The predicted octanol–water partition coefficient (Wildman–Crippen LogP) is 2.04. The van der Waals surface area contributed by atoms with Crippen LogP contribution >= 0.6 is 23.2 Å². The van der Waals surface area contributed by atoms with Crippen LogP contribution < -0.4 is 10.5 Å². The molecule has 0 heterocycles. The minimum absolute atomic E-state index is 0.369. The molecule has 1 aromatic rings. The Hall–Kier alpha value is -0.480. The molecule has 0 amide bonds. The fourth-order valence-corrected chi connectivity index (χ4v) is 1.27. The fraction of sp³-hybridized carbons (Fsp3) is 0.333. The molecule has 5 heteroatoms.